The second-order valence-corrected chi connectivity index (χ2v) is 5.36. The molecule has 0 bridgehead atoms. The van der Waals surface area contributed by atoms with E-state index in [2.05, 4.69) is 10.4 Å². The molecular formula is C13H20F3N3. The summed E-state index contributed by atoms with van der Waals surface area (Å²) in [7, 11) is 1.87. The second-order valence-electron chi connectivity index (χ2n) is 5.36. The maximum Gasteiger partial charge on any atom is 0.391 e. The van der Waals surface area contributed by atoms with Gasteiger partial charge in [0.15, 0.2) is 0 Å². The molecule has 0 amide bonds. The van der Waals surface area contributed by atoms with Crippen molar-refractivity contribution in [1.29, 1.82) is 0 Å². The van der Waals surface area contributed by atoms with E-state index in [9.17, 15) is 13.2 Å². The molecule has 0 aliphatic heterocycles. The third-order valence-corrected chi connectivity index (χ3v) is 3.98. The monoisotopic (exact) mass is 275 g/mol. The van der Waals surface area contributed by atoms with Crippen LogP contribution in [-0.2, 0) is 7.05 Å². The highest BCUT2D eigenvalue weighted by molar-refractivity contribution is 5.05. The number of hydrogen-bond acceptors (Lipinski definition) is 2. The number of halogens is 3. The fraction of sp³-hybridized carbons (Fsp3) is 0.769. The molecule has 19 heavy (non-hydrogen) atoms. The molecule has 0 aromatic carbocycles. The zero-order valence-corrected chi connectivity index (χ0v) is 11.2. The Morgan fingerprint density at radius 3 is 2.42 bits per heavy atom. The van der Waals surface area contributed by atoms with Crippen LogP contribution in [0, 0.1) is 5.92 Å². The largest absolute Gasteiger partial charge is 0.391 e. The molecule has 2 rings (SSSR count). The standard InChI is InChI=1S/C13H20F3N3/c1-9(12-7-8-17-19(12)2)18-11-5-3-10(4-6-11)13(14,15)16/h7-11,18H,3-6H2,1-2H3. The van der Waals surface area contributed by atoms with Crippen LogP contribution in [0.2, 0.25) is 0 Å². The van der Waals surface area contributed by atoms with Gasteiger partial charge >= 0.3 is 6.18 Å². The average Bonchev–Trinajstić information content (AvgIpc) is 2.75. The molecule has 1 N–H and O–H groups in total. The predicted molar refractivity (Wildman–Crippen MR) is 66.6 cm³/mol. The molecule has 1 saturated carbocycles. The number of alkyl halides is 3. The predicted octanol–water partition coefficient (Wildman–Crippen LogP) is 3.19. The van der Waals surface area contributed by atoms with Crippen LogP contribution < -0.4 is 5.32 Å². The average molecular weight is 275 g/mol. The Bertz CT molecular complexity index is 406. The molecule has 0 saturated heterocycles. The van der Waals surface area contributed by atoms with Crippen LogP contribution >= 0.6 is 0 Å². The lowest BCUT2D eigenvalue weighted by molar-refractivity contribution is -0.182. The van der Waals surface area contributed by atoms with E-state index in [1.54, 1.807) is 10.9 Å². The normalized spacial score (nSPS) is 26.4. The fourth-order valence-corrected chi connectivity index (χ4v) is 2.84. The smallest absolute Gasteiger partial charge is 0.306 e. The van der Waals surface area contributed by atoms with Gasteiger partial charge in [-0.1, -0.05) is 0 Å². The number of rotatable bonds is 3. The Kier molecular flexibility index (Phi) is 4.18. The molecule has 3 nitrogen and oxygen atoms in total. The van der Waals surface area contributed by atoms with Gasteiger partial charge in [0.25, 0.3) is 0 Å². The number of aromatic nitrogens is 2. The van der Waals surface area contributed by atoms with Crippen molar-refractivity contribution in [1.82, 2.24) is 15.1 Å². The summed E-state index contributed by atoms with van der Waals surface area (Å²) in [5, 5.41) is 7.51. The number of nitrogens with zero attached hydrogens (tertiary/aromatic N) is 2. The molecule has 1 atom stereocenters. The Labute approximate surface area is 111 Å². The molecule has 6 heteroatoms. The lowest BCUT2D eigenvalue weighted by Crippen LogP contribution is -2.38. The summed E-state index contributed by atoms with van der Waals surface area (Å²) in [6.45, 7) is 2.02. The summed E-state index contributed by atoms with van der Waals surface area (Å²) in [4.78, 5) is 0. The molecule has 1 fully saturated rings. The molecule has 0 radical (unpaired) electrons. The third-order valence-electron chi connectivity index (χ3n) is 3.98. The maximum absolute atomic E-state index is 12.6. The SMILES string of the molecule is CC(NC1CCC(C(F)(F)F)CC1)c1ccnn1C. The highest BCUT2D eigenvalue weighted by Crippen LogP contribution is 2.37. The molecule has 1 aliphatic rings. The van der Waals surface area contributed by atoms with Crippen molar-refractivity contribution >= 4 is 0 Å². The van der Waals surface area contributed by atoms with Crippen LogP contribution in [0.15, 0.2) is 12.3 Å². The quantitative estimate of drug-likeness (QED) is 0.918. The van der Waals surface area contributed by atoms with Gasteiger partial charge in [0.1, 0.15) is 0 Å². The van der Waals surface area contributed by atoms with E-state index in [4.69, 9.17) is 0 Å². The maximum atomic E-state index is 12.6. The van der Waals surface area contributed by atoms with Crippen LogP contribution in [0.5, 0.6) is 0 Å². The second kappa shape index (κ2) is 5.53. The Morgan fingerprint density at radius 1 is 1.32 bits per heavy atom. The van der Waals surface area contributed by atoms with E-state index in [0.717, 1.165) is 5.69 Å². The van der Waals surface area contributed by atoms with Gasteiger partial charge in [-0.15, -0.1) is 0 Å². The van der Waals surface area contributed by atoms with Crippen LogP contribution in [0.25, 0.3) is 0 Å². The summed E-state index contributed by atoms with van der Waals surface area (Å²) in [6.07, 6.45) is -0.649. The fourth-order valence-electron chi connectivity index (χ4n) is 2.84. The number of hydrogen-bond donors (Lipinski definition) is 1. The Hall–Kier alpha value is -1.04. The zero-order chi connectivity index (χ0) is 14.0. The van der Waals surface area contributed by atoms with E-state index in [1.165, 1.54) is 0 Å². The first kappa shape index (κ1) is 14.4. The first-order chi connectivity index (χ1) is 8.88. The zero-order valence-electron chi connectivity index (χ0n) is 11.2. The van der Waals surface area contributed by atoms with Gasteiger partial charge in [0, 0.05) is 25.3 Å². The summed E-state index contributed by atoms with van der Waals surface area (Å²) >= 11 is 0. The van der Waals surface area contributed by atoms with Crippen molar-refractivity contribution < 1.29 is 13.2 Å². The molecular weight excluding hydrogens is 255 g/mol. The number of nitrogens with one attached hydrogen (secondary N) is 1. The van der Waals surface area contributed by atoms with E-state index >= 15 is 0 Å². The van der Waals surface area contributed by atoms with Gasteiger partial charge in [0.05, 0.1) is 11.6 Å². The Morgan fingerprint density at radius 2 is 1.95 bits per heavy atom. The van der Waals surface area contributed by atoms with Crippen LogP contribution in [0.3, 0.4) is 0 Å². The van der Waals surface area contributed by atoms with Crippen molar-refractivity contribution in [2.45, 2.75) is 50.9 Å². The van der Waals surface area contributed by atoms with Crippen molar-refractivity contribution in [3.8, 4) is 0 Å². The Balaban J connectivity index is 1.85. The highest BCUT2D eigenvalue weighted by atomic mass is 19.4. The minimum absolute atomic E-state index is 0.111. The molecule has 0 spiro atoms. The lowest BCUT2D eigenvalue weighted by atomic mass is 9.85. The molecule has 1 aromatic heterocycles. The summed E-state index contributed by atoms with van der Waals surface area (Å²) in [5.74, 6) is -1.11. The molecule has 108 valence electrons. The molecule has 1 aromatic rings. The van der Waals surface area contributed by atoms with Gasteiger partial charge in [-0.05, 0) is 38.7 Å². The number of aryl methyl sites for hydroxylation is 1. The minimum atomic E-state index is -4.03. The highest BCUT2D eigenvalue weighted by Gasteiger charge is 2.41. The van der Waals surface area contributed by atoms with Gasteiger partial charge in [-0.3, -0.25) is 4.68 Å². The van der Waals surface area contributed by atoms with Crippen LogP contribution in [0.4, 0.5) is 13.2 Å². The van der Waals surface area contributed by atoms with Gasteiger partial charge in [-0.2, -0.15) is 18.3 Å². The lowest BCUT2D eigenvalue weighted by Gasteiger charge is -2.32. The van der Waals surface area contributed by atoms with Crippen molar-refractivity contribution in [3.63, 3.8) is 0 Å². The third kappa shape index (κ3) is 3.49. The first-order valence-corrected chi connectivity index (χ1v) is 6.68. The van der Waals surface area contributed by atoms with Gasteiger partial charge in [0.2, 0.25) is 0 Å². The minimum Gasteiger partial charge on any atom is -0.306 e. The molecule has 1 unspecified atom stereocenters. The molecule has 1 aliphatic carbocycles. The topological polar surface area (TPSA) is 29.9 Å². The van der Waals surface area contributed by atoms with Crippen molar-refractivity contribution in [2.75, 3.05) is 0 Å². The summed E-state index contributed by atoms with van der Waals surface area (Å²) < 4.78 is 39.5. The van der Waals surface area contributed by atoms with E-state index in [1.807, 2.05) is 20.0 Å². The van der Waals surface area contributed by atoms with Gasteiger partial charge in [-0.25, -0.2) is 0 Å². The van der Waals surface area contributed by atoms with Crippen LogP contribution in [0.1, 0.15) is 44.3 Å². The summed E-state index contributed by atoms with van der Waals surface area (Å²) in [6, 6.07) is 2.21. The van der Waals surface area contributed by atoms with Crippen molar-refractivity contribution in [3.05, 3.63) is 18.0 Å². The van der Waals surface area contributed by atoms with Crippen LogP contribution in [-0.4, -0.2) is 22.0 Å². The molecule has 1 heterocycles. The first-order valence-electron chi connectivity index (χ1n) is 6.68. The van der Waals surface area contributed by atoms with E-state index in [-0.39, 0.29) is 24.9 Å². The van der Waals surface area contributed by atoms with E-state index in [0.29, 0.717) is 12.8 Å². The van der Waals surface area contributed by atoms with Crippen molar-refractivity contribution in [2.24, 2.45) is 13.0 Å². The van der Waals surface area contributed by atoms with E-state index < -0.39 is 12.1 Å². The summed E-state index contributed by atoms with van der Waals surface area (Å²) in [5.41, 5.74) is 1.05. The van der Waals surface area contributed by atoms with Gasteiger partial charge < -0.3 is 5.32 Å².